The Hall–Kier alpha value is -4.77. The van der Waals surface area contributed by atoms with Crippen molar-refractivity contribution < 1.29 is 5.11 Å². The third kappa shape index (κ3) is 3.28. The number of fused-ring (bicyclic) bond motifs is 2. The zero-order valence-electron chi connectivity index (χ0n) is 18.9. The van der Waals surface area contributed by atoms with E-state index < -0.39 is 5.56 Å². The minimum Gasteiger partial charge on any atom is -0.506 e. The van der Waals surface area contributed by atoms with Gasteiger partial charge in [-0.2, -0.15) is 0 Å². The summed E-state index contributed by atoms with van der Waals surface area (Å²) < 4.78 is 0. The monoisotopic (exact) mass is 456 g/mol. The van der Waals surface area contributed by atoms with Crippen LogP contribution in [-0.4, -0.2) is 10.1 Å². The molecule has 0 unspecified atom stereocenters. The zero-order valence-corrected chi connectivity index (χ0v) is 18.9. The molecule has 1 heterocycles. The van der Waals surface area contributed by atoms with Gasteiger partial charge < -0.3 is 10.4 Å². The van der Waals surface area contributed by atoms with Crippen LogP contribution in [0.2, 0.25) is 0 Å². The van der Waals surface area contributed by atoms with Gasteiger partial charge >= 0.3 is 0 Å². The number of aliphatic hydroxyl groups is 1. The van der Waals surface area contributed by atoms with Crippen molar-refractivity contribution in [3.8, 4) is 0 Å². The maximum Gasteiger partial charge on any atom is 0.281 e. The van der Waals surface area contributed by atoms with Crippen molar-refractivity contribution in [2.24, 2.45) is 0 Å². The smallest absolute Gasteiger partial charge is 0.281 e. The van der Waals surface area contributed by atoms with E-state index in [2.05, 4.69) is 10.3 Å². The fraction of sp³-hybridized carbons (Fsp3) is 0.0333. The lowest BCUT2D eigenvalue weighted by atomic mass is 9.96. The highest BCUT2D eigenvalue weighted by Gasteiger charge is 2.18. The molecule has 5 heteroatoms. The molecular weight excluding hydrogens is 436 g/mol. The van der Waals surface area contributed by atoms with Crippen LogP contribution in [0.4, 0.5) is 11.4 Å². The second-order valence-electron chi connectivity index (χ2n) is 8.63. The summed E-state index contributed by atoms with van der Waals surface area (Å²) in [6.45, 7) is 2.01. The van der Waals surface area contributed by atoms with Gasteiger partial charge in [0.15, 0.2) is 5.43 Å². The van der Waals surface area contributed by atoms with Gasteiger partial charge in [-0.05, 0) is 36.6 Å². The van der Waals surface area contributed by atoms with Crippen molar-refractivity contribution in [3.63, 3.8) is 0 Å². The van der Waals surface area contributed by atoms with Crippen LogP contribution < -0.4 is 21.5 Å². The molecule has 4 aromatic rings. The average Bonchev–Trinajstić information content (AvgIpc) is 2.89. The first kappa shape index (κ1) is 20.8. The van der Waals surface area contributed by atoms with Gasteiger partial charge in [-0.15, -0.1) is 0 Å². The normalized spacial score (nSPS) is 12.4. The van der Waals surface area contributed by atoms with E-state index in [1.807, 2.05) is 49.4 Å². The molecule has 0 bridgehead atoms. The number of nitrogens with one attached hydrogen (secondary N) is 1. The van der Waals surface area contributed by atoms with E-state index in [9.17, 15) is 14.7 Å². The van der Waals surface area contributed by atoms with E-state index in [4.69, 9.17) is 0 Å². The van der Waals surface area contributed by atoms with Crippen molar-refractivity contribution >= 4 is 38.8 Å². The van der Waals surface area contributed by atoms with Crippen LogP contribution >= 0.6 is 0 Å². The summed E-state index contributed by atoms with van der Waals surface area (Å²) in [4.78, 5) is 31.3. The third-order valence-corrected chi connectivity index (χ3v) is 6.40. The van der Waals surface area contributed by atoms with E-state index in [-0.39, 0.29) is 16.4 Å². The predicted molar refractivity (Wildman–Crippen MR) is 140 cm³/mol. The van der Waals surface area contributed by atoms with E-state index in [1.54, 1.807) is 48.5 Å². The highest BCUT2D eigenvalue weighted by molar-refractivity contribution is 5.96. The first-order valence-electron chi connectivity index (χ1n) is 11.3. The number of rotatable bonds is 3. The molecule has 2 aliphatic rings. The molecule has 0 aromatic heterocycles. The fourth-order valence-electron chi connectivity index (χ4n) is 4.73. The van der Waals surface area contributed by atoms with Gasteiger partial charge in [0, 0.05) is 27.1 Å². The number of aryl methyl sites for hydroxylation is 1. The Bertz CT molecular complexity index is 1970. The summed E-state index contributed by atoms with van der Waals surface area (Å²) in [7, 11) is 0. The molecule has 2 N–H and O–H groups in total. The number of nitrogens with zero attached hydrogens (tertiary/aromatic N) is 1. The Morgan fingerprint density at radius 2 is 1.46 bits per heavy atom. The zero-order chi connectivity index (χ0) is 24.1. The van der Waals surface area contributed by atoms with Crippen LogP contribution in [-0.2, 0) is 0 Å². The summed E-state index contributed by atoms with van der Waals surface area (Å²) in [6, 6.07) is 27.5. The maximum absolute atomic E-state index is 13.8. The predicted octanol–water partition coefficient (Wildman–Crippen LogP) is 4.76. The Balaban J connectivity index is 1.86. The lowest BCUT2D eigenvalue weighted by Crippen LogP contribution is -2.33. The van der Waals surface area contributed by atoms with Crippen LogP contribution in [0, 0.1) is 17.4 Å². The number of anilines is 2. The molecule has 0 atom stereocenters. The minimum atomic E-state index is -0.539. The van der Waals surface area contributed by atoms with Gasteiger partial charge in [0.05, 0.1) is 21.8 Å². The Kier molecular flexibility index (Phi) is 4.71. The maximum atomic E-state index is 13.8. The lowest BCUT2D eigenvalue weighted by molar-refractivity contribution is 0.506. The number of hydrogen-bond acceptors (Lipinski definition) is 5. The molecule has 168 valence electrons. The van der Waals surface area contributed by atoms with Crippen LogP contribution in [0.25, 0.3) is 27.4 Å². The van der Waals surface area contributed by atoms with Gasteiger partial charge in [0.1, 0.15) is 5.76 Å². The number of aromatic nitrogens is 1. The molecule has 6 rings (SSSR count). The molecule has 1 aliphatic carbocycles. The topological polar surface area (TPSA) is 79.3 Å². The Morgan fingerprint density at radius 1 is 0.771 bits per heavy atom. The molecule has 0 saturated carbocycles. The van der Waals surface area contributed by atoms with E-state index in [0.717, 1.165) is 11.3 Å². The first-order chi connectivity index (χ1) is 17.0. The van der Waals surface area contributed by atoms with Crippen molar-refractivity contribution in [2.75, 3.05) is 5.32 Å². The van der Waals surface area contributed by atoms with Gasteiger partial charge in [-0.25, -0.2) is 4.98 Å². The largest absolute Gasteiger partial charge is 0.506 e. The summed E-state index contributed by atoms with van der Waals surface area (Å²) in [6.07, 6.45) is 0. The van der Waals surface area contributed by atoms with Crippen LogP contribution in [0.3, 0.4) is 0 Å². The molecule has 4 aromatic carbocycles. The average molecular weight is 457 g/mol. The SMILES string of the molecule is Cc1ccc(Nc2ccc3nc(=O)/c(=C(/O)c4ccccc4)c4c5ccccc5c(=O)c2c3=4)cc1. The standard InChI is InChI=1S/C30H20N2O3/c1-17-11-13-19(14-12-17)31-23-16-15-22-25-24(20-9-5-6-10-21(20)29(34)26(23)25)27(30(35)32-22)28(33)18-7-3-2-4-8-18/h2-16,31,33H,1H3/b28-27+. The molecule has 0 radical (unpaired) electrons. The van der Waals surface area contributed by atoms with E-state index in [0.29, 0.717) is 43.4 Å². The van der Waals surface area contributed by atoms with Crippen molar-refractivity contribution in [3.05, 3.63) is 138 Å². The van der Waals surface area contributed by atoms with E-state index in [1.165, 1.54) is 0 Å². The quantitative estimate of drug-likeness (QED) is 0.402. The molecule has 0 saturated heterocycles. The molecule has 5 nitrogen and oxygen atoms in total. The molecule has 1 aliphatic heterocycles. The minimum absolute atomic E-state index is 0.0948. The molecular formula is C30H20N2O3. The van der Waals surface area contributed by atoms with Crippen LogP contribution in [0.5, 0.6) is 0 Å². The molecule has 0 amide bonds. The lowest BCUT2D eigenvalue weighted by Gasteiger charge is -2.13. The number of aliphatic hydroxyl groups excluding tert-OH is 1. The van der Waals surface area contributed by atoms with Crippen LogP contribution in [0.1, 0.15) is 11.1 Å². The van der Waals surface area contributed by atoms with Gasteiger partial charge in [-0.3, -0.25) is 9.59 Å². The molecule has 0 spiro atoms. The summed E-state index contributed by atoms with van der Waals surface area (Å²) >= 11 is 0. The highest BCUT2D eigenvalue weighted by Crippen LogP contribution is 2.27. The third-order valence-electron chi connectivity index (χ3n) is 6.40. The van der Waals surface area contributed by atoms with Crippen molar-refractivity contribution in [1.82, 2.24) is 4.98 Å². The summed E-state index contributed by atoms with van der Waals surface area (Å²) in [5.41, 5.74) is 2.82. The van der Waals surface area contributed by atoms with Crippen LogP contribution in [0.15, 0.2) is 101 Å². The highest BCUT2D eigenvalue weighted by atomic mass is 16.3. The first-order valence-corrected chi connectivity index (χ1v) is 11.3. The Labute approximate surface area is 199 Å². The summed E-state index contributed by atoms with van der Waals surface area (Å²) in [5.74, 6) is -0.160. The fourth-order valence-corrected chi connectivity index (χ4v) is 4.73. The number of benzene rings is 4. The van der Waals surface area contributed by atoms with Gasteiger partial charge in [-0.1, -0.05) is 72.3 Å². The van der Waals surface area contributed by atoms with Crippen molar-refractivity contribution in [1.29, 1.82) is 0 Å². The second kappa shape index (κ2) is 7.92. The Morgan fingerprint density at radius 3 is 2.20 bits per heavy atom. The molecule has 0 fully saturated rings. The molecule has 35 heavy (non-hydrogen) atoms. The van der Waals surface area contributed by atoms with Gasteiger partial charge in [0.2, 0.25) is 0 Å². The summed E-state index contributed by atoms with van der Waals surface area (Å²) in [5, 5.41) is 17.3. The van der Waals surface area contributed by atoms with Crippen molar-refractivity contribution in [2.45, 2.75) is 6.92 Å². The van der Waals surface area contributed by atoms with E-state index >= 15 is 0 Å². The van der Waals surface area contributed by atoms with Gasteiger partial charge in [0.25, 0.3) is 5.56 Å². The number of hydrogen-bond donors (Lipinski definition) is 2. The second-order valence-corrected chi connectivity index (χ2v) is 8.63.